The van der Waals surface area contributed by atoms with Crippen LogP contribution in [-0.4, -0.2) is 41.6 Å². The molecule has 2 heterocycles. The van der Waals surface area contributed by atoms with Crippen LogP contribution in [0.3, 0.4) is 0 Å². The number of hydrogen-bond donors (Lipinski definition) is 2. The van der Waals surface area contributed by atoms with Gasteiger partial charge in [0.05, 0.1) is 18.8 Å². The highest BCUT2D eigenvalue weighted by Crippen LogP contribution is 2.46. The van der Waals surface area contributed by atoms with Crippen LogP contribution in [-0.2, 0) is 20.7 Å². The minimum Gasteiger partial charge on any atom is -0.481 e. The number of ether oxygens (including phenoxy) is 2. The Kier molecular flexibility index (Phi) is 9.15. The summed E-state index contributed by atoms with van der Waals surface area (Å²) >= 11 is 5.32. The maximum Gasteiger partial charge on any atom is 0.303 e. The Morgan fingerprint density at radius 2 is 1.97 bits per heavy atom. The van der Waals surface area contributed by atoms with Gasteiger partial charge in [0.2, 0.25) is 0 Å². The van der Waals surface area contributed by atoms with E-state index in [1.165, 1.54) is 5.56 Å². The van der Waals surface area contributed by atoms with E-state index in [0.717, 1.165) is 45.1 Å². The summed E-state index contributed by atoms with van der Waals surface area (Å²) in [6.07, 6.45) is 12.0. The normalized spacial score (nSPS) is 24.9. The summed E-state index contributed by atoms with van der Waals surface area (Å²) < 4.78 is 11.9. The van der Waals surface area contributed by atoms with Crippen molar-refractivity contribution in [3.05, 3.63) is 48.0 Å². The van der Waals surface area contributed by atoms with Gasteiger partial charge in [-0.25, -0.2) is 0 Å². The smallest absolute Gasteiger partial charge is 0.303 e. The lowest BCUT2D eigenvalue weighted by atomic mass is 9.76. The zero-order valence-electron chi connectivity index (χ0n) is 17.5. The highest BCUT2D eigenvalue weighted by Gasteiger charge is 2.47. The monoisotopic (exact) mass is 431 g/mol. The number of carboxylic acid groups (broad SMARTS) is 1. The molecule has 2 bridgehead atoms. The van der Waals surface area contributed by atoms with E-state index < -0.39 is 5.97 Å². The number of unbranched alkanes of at least 4 members (excludes halogenated alkanes) is 1. The molecule has 2 aliphatic rings. The predicted octanol–water partition coefficient (Wildman–Crippen LogP) is 4.51. The third-order valence-corrected chi connectivity index (χ3v) is 6.40. The summed E-state index contributed by atoms with van der Waals surface area (Å²) in [6, 6.07) is 10.3. The van der Waals surface area contributed by atoms with E-state index in [4.69, 9.17) is 26.8 Å². The van der Waals surface area contributed by atoms with E-state index in [0.29, 0.717) is 42.2 Å². The molecule has 6 heteroatoms. The van der Waals surface area contributed by atoms with Gasteiger partial charge in [-0.2, -0.15) is 0 Å². The number of benzene rings is 1. The number of carbonyl (C=O) groups is 1. The highest BCUT2D eigenvalue weighted by atomic mass is 32.1. The van der Waals surface area contributed by atoms with Crippen molar-refractivity contribution < 1.29 is 19.4 Å². The number of nitrogens with one attached hydrogen (secondary N) is 1. The fraction of sp³-hybridized carbons (Fsp3) is 0.583. The van der Waals surface area contributed by atoms with Crippen LogP contribution >= 0.6 is 12.2 Å². The van der Waals surface area contributed by atoms with E-state index in [-0.39, 0.29) is 6.42 Å². The molecule has 0 unspecified atom stereocenters. The van der Waals surface area contributed by atoms with E-state index in [1.807, 2.05) is 18.2 Å². The number of thiocarbonyl (C=S) groups is 1. The molecule has 0 amide bonds. The van der Waals surface area contributed by atoms with Crippen molar-refractivity contribution in [3.8, 4) is 0 Å². The van der Waals surface area contributed by atoms with Crippen molar-refractivity contribution in [3.63, 3.8) is 0 Å². The Morgan fingerprint density at radius 1 is 1.20 bits per heavy atom. The Hall–Kier alpha value is -1.92. The van der Waals surface area contributed by atoms with Crippen LogP contribution in [0.5, 0.6) is 0 Å². The van der Waals surface area contributed by atoms with Gasteiger partial charge in [0, 0.05) is 13.0 Å². The summed E-state index contributed by atoms with van der Waals surface area (Å²) in [5.74, 6) is 0.319. The maximum absolute atomic E-state index is 10.6. The fourth-order valence-corrected chi connectivity index (χ4v) is 4.82. The van der Waals surface area contributed by atoms with E-state index in [2.05, 4.69) is 29.6 Å². The van der Waals surface area contributed by atoms with Crippen LogP contribution in [0, 0.1) is 11.8 Å². The molecule has 2 saturated heterocycles. The van der Waals surface area contributed by atoms with Gasteiger partial charge in [-0.15, -0.1) is 0 Å². The molecular formula is C24H33NO4S. The SMILES string of the molecule is O=C(O)CCCC=CC[C@@H]1[C@H](CCOC(=S)NCCc2ccccc2)[C@@H]2CC[C@H]1O2. The van der Waals surface area contributed by atoms with Crippen LogP contribution in [0.1, 0.15) is 50.5 Å². The molecule has 0 spiro atoms. The lowest BCUT2D eigenvalue weighted by molar-refractivity contribution is -0.137. The lowest BCUT2D eigenvalue weighted by Crippen LogP contribution is -2.30. The number of rotatable bonds is 12. The van der Waals surface area contributed by atoms with Crippen molar-refractivity contribution in [2.45, 2.75) is 63.6 Å². The molecular weight excluding hydrogens is 398 g/mol. The number of fused-ring (bicyclic) bond motifs is 2. The molecule has 164 valence electrons. The molecule has 0 saturated carbocycles. The first kappa shape index (κ1) is 22.8. The number of hydrogen-bond acceptors (Lipinski definition) is 4. The molecule has 0 radical (unpaired) electrons. The average molecular weight is 432 g/mol. The van der Waals surface area contributed by atoms with Crippen LogP contribution in [0.2, 0.25) is 0 Å². The fourth-order valence-electron chi connectivity index (χ4n) is 4.63. The summed E-state index contributed by atoms with van der Waals surface area (Å²) in [6.45, 7) is 1.39. The molecule has 2 N–H and O–H groups in total. The quantitative estimate of drug-likeness (QED) is 0.288. The van der Waals surface area contributed by atoms with Gasteiger partial charge < -0.3 is 19.9 Å². The molecule has 3 rings (SSSR count). The van der Waals surface area contributed by atoms with Crippen molar-refractivity contribution in [2.24, 2.45) is 11.8 Å². The van der Waals surface area contributed by atoms with E-state index in [9.17, 15) is 4.79 Å². The maximum atomic E-state index is 10.6. The summed E-state index contributed by atoms with van der Waals surface area (Å²) in [5, 5.41) is 12.4. The predicted molar refractivity (Wildman–Crippen MR) is 121 cm³/mol. The number of allylic oxidation sites excluding steroid dienone is 2. The second-order valence-electron chi connectivity index (χ2n) is 8.20. The molecule has 4 atom stereocenters. The zero-order chi connectivity index (χ0) is 21.2. The molecule has 0 aromatic heterocycles. The van der Waals surface area contributed by atoms with Gasteiger partial charge in [-0.1, -0.05) is 42.5 Å². The average Bonchev–Trinajstić information content (AvgIpc) is 3.33. The Labute approximate surface area is 184 Å². The zero-order valence-corrected chi connectivity index (χ0v) is 18.3. The molecule has 1 aromatic rings. The third kappa shape index (κ3) is 7.10. The first-order valence-electron chi connectivity index (χ1n) is 11.1. The van der Waals surface area contributed by atoms with Gasteiger partial charge in [0.15, 0.2) is 0 Å². The molecule has 2 aliphatic heterocycles. The van der Waals surface area contributed by atoms with Crippen LogP contribution in [0.4, 0.5) is 0 Å². The summed E-state index contributed by atoms with van der Waals surface area (Å²) in [7, 11) is 0. The van der Waals surface area contributed by atoms with Gasteiger partial charge in [-0.3, -0.25) is 4.79 Å². The van der Waals surface area contributed by atoms with Gasteiger partial charge in [-0.05, 0) is 74.6 Å². The van der Waals surface area contributed by atoms with E-state index >= 15 is 0 Å². The highest BCUT2D eigenvalue weighted by molar-refractivity contribution is 7.80. The van der Waals surface area contributed by atoms with Crippen LogP contribution < -0.4 is 5.32 Å². The summed E-state index contributed by atoms with van der Waals surface area (Å²) in [4.78, 5) is 10.6. The second-order valence-corrected chi connectivity index (χ2v) is 8.57. The Morgan fingerprint density at radius 3 is 2.73 bits per heavy atom. The van der Waals surface area contributed by atoms with Gasteiger partial charge in [0.25, 0.3) is 5.17 Å². The molecule has 0 aliphatic carbocycles. The topological polar surface area (TPSA) is 67.8 Å². The van der Waals surface area contributed by atoms with Gasteiger partial charge in [0.1, 0.15) is 0 Å². The number of carboxylic acids is 1. The van der Waals surface area contributed by atoms with Crippen molar-refractivity contribution in [1.29, 1.82) is 0 Å². The Bertz CT molecular complexity index is 708. The Balaban J connectivity index is 1.33. The molecule has 5 nitrogen and oxygen atoms in total. The second kappa shape index (κ2) is 12.1. The van der Waals surface area contributed by atoms with Crippen molar-refractivity contribution in [1.82, 2.24) is 5.32 Å². The first-order valence-corrected chi connectivity index (χ1v) is 11.5. The minimum absolute atomic E-state index is 0.237. The van der Waals surface area contributed by atoms with Gasteiger partial charge >= 0.3 is 5.97 Å². The molecule has 2 fully saturated rings. The molecule has 30 heavy (non-hydrogen) atoms. The van der Waals surface area contributed by atoms with E-state index in [1.54, 1.807) is 0 Å². The number of aliphatic carboxylic acids is 1. The van der Waals surface area contributed by atoms with Crippen molar-refractivity contribution >= 4 is 23.4 Å². The lowest BCUT2D eigenvalue weighted by Gasteiger charge is -2.27. The molecule has 1 aromatic carbocycles. The summed E-state index contributed by atoms with van der Waals surface area (Å²) in [5.41, 5.74) is 1.28. The standard InChI is InChI=1S/C24H33NO4S/c26-23(27)11-7-2-1-6-10-19-20(22-13-12-21(19)29-22)15-17-28-24(30)25-16-14-18-8-4-3-5-9-18/h1,3-6,8-9,19-22H,2,7,10-17H2,(H,25,30)(H,26,27)/t19-,20+,21-,22+/m1/s1. The third-order valence-electron chi connectivity index (χ3n) is 6.14. The van der Waals surface area contributed by atoms with Crippen LogP contribution in [0.15, 0.2) is 42.5 Å². The first-order chi connectivity index (χ1) is 14.6. The van der Waals surface area contributed by atoms with Crippen LogP contribution in [0.25, 0.3) is 0 Å². The minimum atomic E-state index is -0.725. The largest absolute Gasteiger partial charge is 0.481 e. The van der Waals surface area contributed by atoms with Crippen molar-refractivity contribution in [2.75, 3.05) is 13.2 Å².